The summed E-state index contributed by atoms with van der Waals surface area (Å²) >= 11 is 0. The maximum atomic E-state index is 12.7. The standard InChI is InChI=1S/C30H34F3N2O/c1-2-3-4-5-6-7-20-35-29(36)26-14-12-24(13-15-26)23-10-8-22(9-11-23)21-28(34)25-16-18-27(19-17-25)30(31,32)33/h8-19,28,34H,2-7,20-21H2,1H3,(H,35,36). The number of rotatable bonds is 12. The summed E-state index contributed by atoms with van der Waals surface area (Å²) in [6.07, 6.45) is 3.15. The summed E-state index contributed by atoms with van der Waals surface area (Å²) in [6, 6.07) is 19.4. The molecule has 1 atom stereocenters. The minimum atomic E-state index is -4.37. The molecule has 0 fully saturated rings. The average Bonchev–Trinajstić information content (AvgIpc) is 2.88. The van der Waals surface area contributed by atoms with Crippen molar-refractivity contribution >= 4 is 5.91 Å². The zero-order valence-corrected chi connectivity index (χ0v) is 20.7. The first-order valence-electron chi connectivity index (χ1n) is 12.6. The number of hydrogen-bond donors (Lipinski definition) is 1. The van der Waals surface area contributed by atoms with Crippen molar-refractivity contribution in [2.75, 3.05) is 6.54 Å². The van der Waals surface area contributed by atoms with E-state index in [2.05, 4.69) is 12.2 Å². The number of nitrogens with one attached hydrogen (secondary N) is 2. The molecule has 0 saturated carbocycles. The quantitative estimate of drug-likeness (QED) is 0.254. The number of unbranched alkanes of at least 4 members (excludes halogenated alkanes) is 5. The maximum Gasteiger partial charge on any atom is 0.416 e. The monoisotopic (exact) mass is 495 g/mol. The van der Waals surface area contributed by atoms with Crippen LogP contribution >= 0.6 is 0 Å². The third-order valence-electron chi connectivity index (χ3n) is 6.33. The molecule has 36 heavy (non-hydrogen) atoms. The first-order chi connectivity index (χ1) is 17.3. The van der Waals surface area contributed by atoms with Gasteiger partial charge in [-0.05, 0) is 59.4 Å². The van der Waals surface area contributed by atoms with Crippen molar-refractivity contribution in [2.24, 2.45) is 0 Å². The van der Waals surface area contributed by atoms with E-state index in [1.165, 1.54) is 37.8 Å². The van der Waals surface area contributed by atoms with Gasteiger partial charge >= 0.3 is 6.18 Å². The van der Waals surface area contributed by atoms with Crippen molar-refractivity contribution in [1.82, 2.24) is 11.1 Å². The number of halogens is 3. The molecule has 3 nitrogen and oxygen atoms in total. The van der Waals surface area contributed by atoms with Crippen molar-refractivity contribution in [3.63, 3.8) is 0 Å². The van der Waals surface area contributed by atoms with Gasteiger partial charge in [-0.25, -0.2) is 5.73 Å². The second-order valence-electron chi connectivity index (χ2n) is 9.17. The summed E-state index contributed by atoms with van der Waals surface area (Å²) in [4.78, 5) is 12.4. The number of carbonyl (C=O) groups is 1. The molecule has 0 aliphatic heterocycles. The smallest absolute Gasteiger partial charge is 0.352 e. The van der Waals surface area contributed by atoms with Gasteiger partial charge in [0.25, 0.3) is 5.91 Å². The van der Waals surface area contributed by atoms with Crippen molar-refractivity contribution in [2.45, 2.75) is 64.1 Å². The lowest BCUT2D eigenvalue weighted by Crippen LogP contribution is -2.24. The molecule has 0 aliphatic carbocycles. The first kappa shape index (κ1) is 27.5. The van der Waals surface area contributed by atoms with Gasteiger partial charge < -0.3 is 5.32 Å². The molecule has 3 aromatic carbocycles. The fourth-order valence-corrected chi connectivity index (χ4v) is 4.11. The van der Waals surface area contributed by atoms with E-state index in [0.29, 0.717) is 24.1 Å². The van der Waals surface area contributed by atoms with Gasteiger partial charge in [-0.3, -0.25) is 4.79 Å². The zero-order valence-electron chi connectivity index (χ0n) is 20.7. The van der Waals surface area contributed by atoms with Crippen LogP contribution in [0.5, 0.6) is 0 Å². The Hall–Kier alpha value is -3.12. The maximum absolute atomic E-state index is 12.7. The molecule has 0 bridgehead atoms. The molecule has 191 valence electrons. The van der Waals surface area contributed by atoms with E-state index in [-0.39, 0.29) is 5.91 Å². The fraction of sp³-hybridized carbons (Fsp3) is 0.367. The molecule has 0 aromatic heterocycles. The number of benzene rings is 3. The molecule has 1 unspecified atom stereocenters. The highest BCUT2D eigenvalue weighted by Gasteiger charge is 2.30. The summed E-state index contributed by atoms with van der Waals surface area (Å²) < 4.78 is 38.2. The summed E-state index contributed by atoms with van der Waals surface area (Å²) in [5, 5.41) is 2.99. The Bertz CT molecular complexity index is 1080. The molecule has 0 spiro atoms. The number of alkyl halides is 3. The van der Waals surface area contributed by atoms with Crippen LogP contribution in [-0.4, -0.2) is 12.5 Å². The normalized spacial score (nSPS) is 12.4. The third kappa shape index (κ3) is 8.23. The van der Waals surface area contributed by atoms with Crippen LogP contribution in [-0.2, 0) is 12.6 Å². The molecule has 2 N–H and O–H groups in total. The molecule has 3 rings (SSSR count). The van der Waals surface area contributed by atoms with Crippen LogP contribution in [0.3, 0.4) is 0 Å². The van der Waals surface area contributed by atoms with Gasteiger partial charge in [-0.2, -0.15) is 13.2 Å². The van der Waals surface area contributed by atoms with Gasteiger partial charge in [-0.15, -0.1) is 0 Å². The Morgan fingerprint density at radius 3 is 1.94 bits per heavy atom. The van der Waals surface area contributed by atoms with E-state index in [4.69, 9.17) is 5.73 Å². The van der Waals surface area contributed by atoms with Gasteiger partial charge in [0.2, 0.25) is 0 Å². The lowest BCUT2D eigenvalue weighted by atomic mass is 9.96. The topological polar surface area (TPSA) is 52.9 Å². The van der Waals surface area contributed by atoms with E-state index in [0.717, 1.165) is 41.7 Å². The Balaban J connectivity index is 1.50. The molecule has 3 aromatic rings. The summed E-state index contributed by atoms with van der Waals surface area (Å²) in [7, 11) is 0. The summed E-state index contributed by atoms with van der Waals surface area (Å²) in [5.74, 6) is -0.0600. The van der Waals surface area contributed by atoms with Crippen LogP contribution in [0.15, 0.2) is 72.8 Å². The van der Waals surface area contributed by atoms with Gasteiger partial charge in [-0.1, -0.05) is 87.6 Å². The predicted octanol–water partition coefficient (Wildman–Crippen LogP) is 8.03. The van der Waals surface area contributed by atoms with E-state index in [1.54, 1.807) is 0 Å². The molecule has 0 aliphatic rings. The second kappa shape index (κ2) is 13.3. The molecular formula is C30H34F3N2O. The van der Waals surface area contributed by atoms with E-state index >= 15 is 0 Å². The van der Waals surface area contributed by atoms with Gasteiger partial charge in [0.1, 0.15) is 0 Å². The zero-order chi connectivity index (χ0) is 26.0. The van der Waals surface area contributed by atoms with Crippen molar-refractivity contribution < 1.29 is 18.0 Å². The fourth-order valence-electron chi connectivity index (χ4n) is 4.11. The van der Waals surface area contributed by atoms with Crippen LogP contribution in [0, 0.1) is 0 Å². The van der Waals surface area contributed by atoms with E-state index < -0.39 is 17.8 Å². The minimum absolute atomic E-state index is 0.0600. The lowest BCUT2D eigenvalue weighted by Gasteiger charge is -2.13. The lowest BCUT2D eigenvalue weighted by molar-refractivity contribution is -0.137. The number of carbonyl (C=O) groups excluding carboxylic acids is 1. The Labute approximate surface area is 211 Å². The highest BCUT2D eigenvalue weighted by molar-refractivity contribution is 5.94. The van der Waals surface area contributed by atoms with Crippen molar-refractivity contribution in [3.05, 3.63) is 95.1 Å². The Morgan fingerprint density at radius 1 is 0.806 bits per heavy atom. The van der Waals surface area contributed by atoms with Crippen LogP contribution in [0.2, 0.25) is 0 Å². The van der Waals surface area contributed by atoms with Crippen molar-refractivity contribution in [1.29, 1.82) is 0 Å². The largest absolute Gasteiger partial charge is 0.416 e. The highest BCUT2D eigenvalue weighted by Crippen LogP contribution is 2.30. The van der Waals surface area contributed by atoms with Crippen LogP contribution in [0.25, 0.3) is 11.1 Å². The van der Waals surface area contributed by atoms with Crippen molar-refractivity contribution in [3.8, 4) is 11.1 Å². The molecule has 6 heteroatoms. The van der Waals surface area contributed by atoms with Gasteiger partial charge in [0.15, 0.2) is 0 Å². The molecule has 1 radical (unpaired) electrons. The number of hydrogen-bond acceptors (Lipinski definition) is 1. The highest BCUT2D eigenvalue weighted by atomic mass is 19.4. The molecular weight excluding hydrogens is 461 g/mol. The van der Waals surface area contributed by atoms with E-state index in [1.807, 2.05) is 48.5 Å². The van der Waals surface area contributed by atoms with Crippen LogP contribution < -0.4 is 11.1 Å². The summed E-state index contributed by atoms with van der Waals surface area (Å²) in [6.45, 7) is 2.89. The molecule has 0 saturated heterocycles. The van der Waals surface area contributed by atoms with E-state index in [9.17, 15) is 18.0 Å². The van der Waals surface area contributed by atoms with Gasteiger partial charge in [0, 0.05) is 12.1 Å². The SMILES string of the molecule is CCCCCCCCNC(=O)c1ccc(-c2ccc(CC([NH])c3ccc(C(F)(F)F)cc3)cc2)cc1. The molecule has 1 amide bonds. The van der Waals surface area contributed by atoms with Crippen LogP contribution in [0.1, 0.15) is 78.5 Å². The second-order valence-corrected chi connectivity index (χ2v) is 9.17. The third-order valence-corrected chi connectivity index (χ3v) is 6.33. The number of amides is 1. The van der Waals surface area contributed by atoms with Gasteiger partial charge in [0.05, 0.1) is 11.6 Å². The molecule has 0 heterocycles. The first-order valence-corrected chi connectivity index (χ1v) is 12.6. The predicted molar refractivity (Wildman–Crippen MR) is 139 cm³/mol. The Kier molecular flexibility index (Phi) is 10.1. The Morgan fingerprint density at radius 2 is 1.36 bits per heavy atom. The summed E-state index contributed by atoms with van der Waals surface area (Å²) in [5.41, 5.74) is 11.7. The van der Waals surface area contributed by atoms with Crippen LogP contribution in [0.4, 0.5) is 13.2 Å². The minimum Gasteiger partial charge on any atom is -0.352 e. The average molecular weight is 496 g/mol.